The standard InChI is InChI=1S/C25H31N3O3/c1-5-28(6-2)16-21-9-7-20(8-10-21)15-26-25(29)22-11-13-23(14-12-22)30-17-24-18(3)27-31-19(24)4/h7-14H,5-6,15-17H2,1-4H3,(H,26,29). The molecule has 1 N–H and O–H groups in total. The third kappa shape index (κ3) is 6.18. The Morgan fingerprint density at radius 2 is 1.65 bits per heavy atom. The number of amides is 1. The Morgan fingerprint density at radius 1 is 1.00 bits per heavy atom. The molecular weight excluding hydrogens is 390 g/mol. The maximum absolute atomic E-state index is 12.5. The van der Waals surface area contributed by atoms with E-state index in [-0.39, 0.29) is 5.91 Å². The Bertz CT molecular complexity index is 955. The molecule has 0 spiro atoms. The van der Waals surface area contributed by atoms with Crippen molar-refractivity contribution in [3.63, 3.8) is 0 Å². The van der Waals surface area contributed by atoms with E-state index in [4.69, 9.17) is 9.26 Å². The van der Waals surface area contributed by atoms with Gasteiger partial charge in [-0.15, -0.1) is 0 Å². The molecule has 6 heteroatoms. The number of rotatable bonds is 10. The Kier molecular flexibility index (Phi) is 7.84. The molecule has 31 heavy (non-hydrogen) atoms. The second-order valence-corrected chi connectivity index (χ2v) is 7.58. The van der Waals surface area contributed by atoms with Crippen LogP contribution in [0.1, 0.15) is 52.3 Å². The van der Waals surface area contributed by atoms with E-state index in [1.807, 2.05) is 13.8 Å². The predicted molar refractivity (Wildman–Crippen MR) is 121 cm³/mol. The van der Waals surface area contributed by atoms with Crippen molar-refractivity contribution in [2.75, 3.05) is 13.1 Å². The van der Waals surface area contributed by atoms with Gasteiger partial charge in [-0.25, -0.2) is 0 Å². The van der Waals surface area contributed by atoms with Crippen LogP contribution in [0.3, 0.4) is 0 Å². The van der Waals surface area contributed by atoms with Crippen LogP contribution in [0.2, 0.25) is 0 Å². The van der Waals surface area contributed by atoms with Crippen LogP contribution in [0, 0.1) is 13.8 Å². The second kappa shape index (κ2) is 10.8. The number of benzene rings is 2. The van der Waals surface area contributed by atoms with Crippen LogP contribution < -0.4 is 10.1 Å². The first-order valence-corrected chi connectivity index (χ1v) is 10.7. The first-order valence-electron chi connectivity index (χ1n) is 10.7. The minimum Gasteiger partial charge on any atom is -0.489 e. The maximum Gasteiger partial charge on any atom is 0.251 e. The molecule has 0 aliphatic carbocycles. The minimum absolute atomic E-state index is 0.107. The average Bonchev–Trinajstić information content (AvgIpc) is 3.12. The van der Waals surface area contributed by atoms with Crippen molar-refractivity contribution in [1.29, 1.82) is 0 Å². The maximum atomic E-state index is 12.5. The van der Waals surface area contributed by atoms with E-state index in [9.17, 15) is 4.79 Å². The summed E-state index contributed by atoms with van der Waals surface area (Å²) in [5, 5.41) is 6.90. The molecule has 3 rings (SSSR count). The van der Waals surface area contributed by atoms with Crippen LogP contribution in [0.4, 0.5) is 0 Å². The fourth-order valence-electron chi connectivity index (χ4n) is 3.32. The van der Waals surface area contributed by atoms with E-state index in [0.717, 1.165) is 42.2 Å². The lowest BCUT2D eigenvalue weighted by atomic mass is 10.1. The second-order valence-electron chi connectivity index (χ2n) is 7.58. The molecule has 0 saturated carbocycles. The largest absolute Gasteiger partial charge is 0.489 e. The van der Waals surface area contributed by atoms with E-state index in [2.05, 4.69) is 53.5 Å². The van der Waals surface area contributed by atoms with Gasteiger partial charge in [-0.05, 0) is 62.3 Å². The van der Waals surface area contributed by atoms with Crippen molar-refractivity contribution in [2.45, 2.75) is 47.4 Å². The summed E-state index contributed by atoms with van der Waals surface area (Å²) >= 11 is 0. The summed E-state index contributed by atoms with van der Waals surface area (Å²) in [5.41, 5.74) is 4.74. The van der Waals surface area contributed by atoms with Gasteiger partial charge < -0.3 is 14.6 Å². The Morgan fingerprint density at radius 3 is 2.23 bits per heavy atom. The van der Waals surface area contributed by atoms with Crippen LogP contribution in [0.15, 0.2) is 53.1 Å². The number of aryl methyl sites for hydroxylation is 2. The molecule has 3 aromatic rings. The summed E-state index contributed by atoms with van der Waals surface area (Å²) in [6, 6.07) is 15.5. The molecule has 0 bridgehead atoms. The quantitative estimate of drug-likeness (QED) is 0.516. The number of carbonyl (C=O) groups excluding carboxylic acids is 1. The highest BCUT2D eigenvalue weighted by Gasteiger charge is 2.10. The van der Waals surface area contributed by atoms with Crippen molar-refractivity contribution in [1.82, 2.24) is 15.4 Å². The summed E-state index contributed by atoms with van der Waals surface area (Å²) in [6.07, 6.45) is 0. The van der Waals surface area contributed by atoms with E-state index in [1.165, 1.54) is 5.56 Å². The number of nitrogens with zero attached hydrogens (tertiary/aromatic N) is 2. The first kappa shape index (κ1) is 22.6. The zero-order chi connectivity index (χ0) is 22.2. The van der Waals surface area contributed by atoms with Gasteiger partial charge in [-0.1, -0.05) is 43.3 Å². The summed E-state index contributed by atoms with van der Waals surface area (Å²) in [7, 11) is 0. The van der Waals surface area contributed by atoms with Gasteiger partial charge in [-0.3, -0.25) is 9.69 Å². The third-order valence-electron chi connectivity index (χ3n) is 5.46. The lowest BCUT2D eigenvalue weighted by molar-refractivity contribution is 0.0951. The molecule has 0 saturated heterocycles. The van der Waals surface area contributed by atoms with Crippen molar-refractivity contribution < 1.29 is 14.1 Å². The molecule has 0 radical (unpaired) electrons. The molecule has 1 aromatic heterocycles. The van der Waals surface area contributed by atoms with Crippen molar-refractivity contribution >= 4 is 5.91 Å². The fraction of sp³-hybridized carbons (Fsp3) is 0.360. The van der Waals surface area contributed by atoms with Crippen molar-refractivity contribution in [3.8, 4) is 5.75 Å². The number of aromatic nitrogens is 1. The number of carbonyl (C=O) groups is 1. The predicted octanol–water partition coefficient (Wildman–Crippen LogP) is 4.64. The van der Waals surface area contributed by atoms with Crippen molar-refractivity contribution in [3.05, 3.63) is 82.2 Å². The SMILES string of the molecule is CCN(CC)Cc1ccc(CNC(=O)c2ccc(OCc3c(C)noc3C)cc2)cc1. The molecule has 0 aliphatic heterocycles. The molecule has 0 aliphatic rings. The highest BCUT2D eigenvalue weighted by Crippen LogP contribution is 2.18. The number of ether oxygens (including phenoxy) is 1. The summed E-state index contributed by atoms with van der Waals surface area (Å²) < 4.78 is 10.9. The molecule has 0 fully saturated rings. The van der Waals surface area contributed by atoms with Gasteiger partial charge in [0.25, 0.3) is 5.91 Å². The minimum atomic E-state index is -0.107. The number of hydrogen-bond acceptors (Lipinski definition) is 5. The summed E-state index contributed by atoms with van der Waals surface area (Å²) in [5.74, 6) is 1.35. The first-order chi connectivity index (χ1) is 15.0. The Balaban J connectivity index is 1.49. The molecular formula is C25H31N3O3. The summed E-state index contributed by atoms with van der Waals surface area (Å²) in [4.78, 5) is 14.8. The summed E-state index contributed by atoms with van der Waals surface area (Å²) in [6.45, 7) is 12.0. The monoisotopic (exact) mass is 421 g/mol. The van der Waals surface area contributed by atoms with Gasteiger partial charge in [0.15, 0.2) is 0 Å². The van der Waals surface area contributed by atoms with Crippen LogP contribution >= 0.6 is 0 Å². The van der Waals surface area contributed by atoms with Gasteiger partial charge >= 0.3 is 0 Å². The number of hydrogen-bond donors (Lipinski definition) is 1. The van der Waals surface area contributed by atoms with Crippen LogP contribution in [-0.4, -0.2) is 29.1 Å². The van der Waals surface area contributed by atoms with Gasteiger partial charge in [-0.2, -0.15) is 0 Å². The van der Waals surface area contributed by atoms with Gasteiger partial charge in [0, 0.05) is 18.7 Å². The van der Waals surface area contributed by atoms with Crippen LogP contribution in [-0.2, 0) is 19.7 Å². The van der Waals surface area contributed by atoms with Gasteiger partial charge in [0.2, 0.25) is 0 Å². The molecule has 1 heterocycles. The van der Waals surface area contributed by atoms with Crippen LogP contribution in [0.25, 0.3) is 0 Å². The fourth-order valence-corrected chi connectivity index (χ4v) is 3.32. The number of nitrogens with one attached hydrogen (secondary N) is 1. The lowest BCUT2D eigenvalue weighted by Gasteiger charge is -2.18. The van der Waals surface area contributed by atoms with E-state index < -0.39 is 0 Å². The molecule has 164 valence electrons. The van der Waals surface area contributed by atoms with E-state index >= 15 is 0 Å². The molecule has 0 atom stereocenters. The molecule has 0 unspecified atom stereocenters. The zero-order valence-corrected chi connectivity index (χ0v) is 18.8. The van der Waals surface area contributed by atoms with Gasteiger partial charge in [0.05, 0.1) is 11.3 Å². The Hall–Kier alpha value is -3.12. The highest BCUT2D eigenvalue weighted by molar-refractivity contribution is 5.94. The third-order valence-corrected chi connectivity index (χ3v) is 5.46. The van der Waals surface area contributed by atoms with E-state index in [1.54, 1.807) is 24.3 Å². The highest BCUT2D eigenvalue weighted by atomic mass is 16.5. The van der Waals surface area contributed by atoms with Crippen molar-refractivity contribution in [2.24, 2.45) is 0 Å². The molecule has 2 aromatic carbocycles. The average molecular weight is 422 g/mol. The van der Waals surface area contributed by atoms with Crippen LogP contribution in [0.5, 0.6) is 5.75 Å². The zero-order valence-electron chi connectivity index (χ0n) is 18.8. The van der Waals surface area contributed by atoms with Gasteiger partial charge in [0.1, 0.15) is 18.1 Å². The topological polar surface area (TPSA) is 67.6 Å². The molecule has 6 nitrogen and oxygen atoms in total. The van der Waals surface area contributed by atoms with E-state index in [0.29, 0.717) is 24.5 Å². The Labute approximate surface area is 184 Å². The normalized spacial score (nSPS) is 11.0. The molecule has 1 amide bonds. The lowest BCUT2D eigenvalue weighted by Crippen LogP contribution is -2.23. The smallest absolute Gasteiger partial charge is 0.251 e.